The molecule has 0 saturated carbocycles. The van der Waals surface area contributed by atoms with Crippen LogP contribution in [0.5, 0.6) is 0 Å². The first-order valence-corrected chi connectivity index (χ1v) is 3.38. The molecule has 0 aliphatic carbocycles. The molecule has 66 valence electrons. The van der Waals surface area contributed by atoms with E-state index in [2.05, 4.69) is 20.6 Å². The number of hydrogen-bond donors (Lipinski definition) is 3. The first kappa shape index (κ1) is 8.66. The number of carbonyl (C=O) groups is 1. The molecule has 12 heavy (non-hydrogen) atoms. The monoisotopic (exact) mass is 170 g/mol. The van der Waals surface area contributed by atoms with Crippen molar-refractivity contribution in [3.63, 3.8) is 0 Å². The lowest BCUT2D eigenvalue weighted by Gasteiger charge is -2.22. The summed E-state index contributed by atoms with van der Waals surface area (Å²) in [6.07, 6.45) is -1.08. The number of amides is 1. The molecule has 0 aromatic rings. The molecule has 1 rings (SSSR count). The third-order valence-electron chi connectivity index (χ3n) is 1.43. The third kappa shape index (κ3) is 1.42. The van der Waals surface area contributed by atoms with E-state index in [0.29, 0.717) is 5.84 Å². The van der Waals surface area contributed by atoms with Crippen LogP contribution in [0.1, 0.15) is 0 Å². The predicted molar refractivity (Wildman–Crippen MR) is 44.0 cm³/mol. The van der Waals surface area contributed by atoms with Gasteiger partial charge in [0.15, 0.2) is 11.5 Å². The Morgan fingerprint density at radius 3 is 2.50 bits per heavy atom. The minimum absolute atomic E-state index is 0.197. The first-order valence-electron chi connectivity index (χ1n) is 3.38. The number of nitrogens with zero attached hydrogens (tertiary/aromatic N) is 2. The van der Waals surface area contributed by atoms with Gasteiger partial charge >= 0.3 is 0 Å². The highest BCUT2D eigenvalue weighted by atomic mass is 16.3. The van der Waals surface area contributed by atoms with Crippen LogP contribution in [0.3, 0.4) is 0 Å². The second kappa shape index (κ2) is 3.31. The quantitative estimate of drug-likeness (QED) is 0.396. The van der Waals surface area contributed by atoms with Gasteiger partial charge in [-0.1, -0.05) is 0 Å². The van der Waals surface area contributed by atoms with Crippen molar-refractivity contribution in [2.75, 3.05) is 14.1 Å². The van der Waals surface area contributed by atoms with Crippen molar-refractivity contribution < 1.29 is 9.90 Å². The Balaban J connectivity index is 2.93. The molecular weight excluding hydrogens is 160 g/mol. The molecule has 1 aliphatic rings. The van der Waals surface area contributed by atoms with Gasteiger partial charge in [-0.25, -0.2) is 0 Å². The lowest BCUT2D eigenvalue weighted by Crippen LogP contribution is -2.59. The van der Waals surface area contributed by atoms with Crippen molar-refractivity contribution in [1.29, 1.82) is 0 Å². The van der Waals surface area contributed by atoms with E-state index in [4.69, 9.17) is 5.11 Å². The molecule has 6 nitrogen and oxygen atoms in total. The molecule has 0 aromatic heterocycles. The fraction of sp³-hybridized carbons (Fsp3) is 0.500. The van der Waals surface area contributed by atoms with Crippen LogP contribution in [-0.4, -0.2) is 43.0 Å². The topological polar surface area (TPSA) is 86.1 Å². The molecule has 3 N–H and O–H groups in total. The molecule has 1 saturated heterocycles. The van der Waals surface area contributed by atoms with Crippen molar-refractivity contribution >= 4 is 17.5 Å². The van der Waals surface area contributed by atoms with E-state index in [1.54, 1.807) is 0 Å². The van der Waals surface area contributed by atoms with Crippen molar-refractivity contribution in [3.8, 4) is 0 Å². The Labute approximate surface area is 69.4 Å². The summed E-state index contributed by atoms with van der Waals surface area (Å²) in [6.45, 7) is 0. The summed E-state index contributed by atoms with van der Waals surface area (Å²) >= 11 is 0. The van der Waals surface area contributed by atoms with E-state index in [0.717, 1.165) is 0 Å². The smallest absolute Gasteiger partial charge is 0.276 e. The average molecular weight is 170 g/mol. The molecule has 1 unspecified atom stereocenters. The summed E-state index contributed by atoms with van der Waals surface area (Å²) in [5.74, 6) is -0.127. The lowest BCUT2D eigenvalue weighted by molar-refractivity contribution is -0.118. The maximum atomic E-state index is 11.1. The van der Waals surface area contributed by atoms with E-state index in [1.807, 2.05) is 0 Å². The highest BCUT2D eigenvalue weighted by Crippen LogP contribution is 1.90. The van der Waals surface area contributed by atoms with Crippen molar-refractivity contribution in [1.82, 2.24) is 10.6 Å². The third-order valence-corrected chi connectivity index (χ3v) is 1.43. The van der Waals surface area contributed by atoms with Crippen LogP contribution in [-0.2, 0) is 4.79 Å². The second-order valence-electron chi connectivity index (χ2n) is 2.16. The lowest BCUT2D eigenvalue weighted by atomic mass is 10.2. The van der Waals surface area contributed by atoms with Crippen LogP contribution in [0.2, 0.25) is 0 Å². The zero-order chi connectivity index (χ0) is 9.14. The molecule has 6 heteroatoms. The number of aliphatic hydroxyl groups is 1. The molecule has 0 spiro atoms. The van der Waals surface area contributed by atoms with Crippen molar-refractivity contribution in [3.05, 3.63) is 0 Å². The Hall–Kier alpha value is -1.43. The minimum Gasteiger partial charge on any atom is -0.356 e. The van der Waals surface area contributed by atoms with Crippen LogP contribution in [0.4, 0.5) is 0 Å². The molecule has 0 radical (unpaired) electrons. The highest BCUT2D eigenvalue weighted by molar-refractivity contribution is 6.67. The van der Waals surface area contributed by atoms with Gasteiger partial charge < -0.3 is 15.7 Å². The van der Waals surface area contributed by atoms with Gasteiger partial charge in [-0.2, -0.15) is 0 Å². The number of amidine groups is 1. The molecule has 1 amide bonds. The maximum Gasteiger partial charge on any atom is 0.276 e. The number of nitrogens with one attached hydrogen (secondary N) is 2. The van der Waals surface area contributed by atoms with Gasteiger partial charge in [-0.05, 0) is 0 Å². The maximum absolute atomic E-state index is 11.1. The number of rotatable bonds is 0. The summed E-state index contributed by atoms with van der Waals surface area (Å²) in [7, 11) is 3.00. The molecule has 1 atom stereocenters. The Bertz CT molecular complexity index is 258. The summed E-state index contributed by atoms with van der Waals surface area (Å²) in [4.78, 5) is 18.6. The normalized spacial score (nSPS) is 30.2. The van der Waals surface area contributed by atoms with Gasteiger partial charge in [0.1, 0.15) is 0 Å². The molecular formula is C6H10N4O2. The molecule has 0 bridgehead atoms. The highest BCUT2D eigenvalue weighted by Gasteiger charge is 2.26. The second-order valence-corrected chi connectivity index (χ2v) is 2.16. The Morgan fingerprint density at radius 2 is 2.00 bits per heavy atom. The fourth-order valence-electron chi connectivity index (χ4n) is 0.912. The minimum atomic E-state index is -1.08. The molecule has 1 heterocycles. The predicted octanol–water partition coefficient (Wildman–Crippen LogP) is -1.92. The SMILES string of the molecule is CN=C1NC(O)NC(=O)C1=NC. The van der Waals surface area contributed by atoms with Crippen LogP contribution in [0, 0.1) is 0 Å². The van der Waals surface area contributed by atoms with Crippen LogP contribution < -0.4 is 10.6 Å². The number of aliphatic imine (C=N–C) groups is 2. The van der Waals surface area contributed by atoms with Gasteiger partial charge in [0.25, 0.3) is 5.91 Å². The van der Waals surface area contributed by atoms with E-state index in [1.165, 1.54) is 14.1 Å². The zero-order valence-corrected chi connectivity index (χ0v) is 6.83. The fourth-order valence-corrected chi connectivity index (χ4v) is 0.912. The molecule has 1 fully saturated rings. The van der Waals surface area contributed by atoms with Crippen molar-refractivity contribution in [2.45, 2.75) is 6.35 Å². The average Bonchev–Trinajstić information content (AvgIpc) is 2.03. The van der Waals surface area contributed by atoms with Crippen molar-refractivity contribution in [2.24, 2.45) is 9.98 Å². The number of carbonyl (C=O) groups excluding carboxylic acids is 1. The van der Waals surface area contributed by atoms with E-state index in [9.17, 15) is 4.79 Å². The van der Waals surface area contributed by atoms with Gasteiger partial charge in [-0.15, -0.1) is 0 Å². The summed E-state index contributed by atoms with van der Waals surface area (Å²) in [6, 6.07) is 0. The number of aliphatic hydroxyl groups excluding tert-OH is 1. The first-order chi connectivity index (χ1) is 5.69. The Kier molecular flexibility index (Phi) is 2.39. The van der Waals surface area contributed by atoms with Crippen LogP contribution in [0.15, 0.2) is 9.98 Å². The van der Waals surface area contributed by atoms with E-state index >= 15 is 0 Å². The van der Waals surface area contributed by atoms with Crippen LogP contribution in [0.25, 0.3) is 0 Å². The van der Waals surface area contributed by atoms with Gasteiger partial charge in [-0.3, -0.25) is 14.8 Å². The summed E-state index contributed by atoms with van der Waals surface area (Å²) in [5, 5.41) is 13.8. The molecule has 1 aliphatic heterocycles. The van der Waals surface area contributed by atoms with Gasteiger partial charge in [0, 0.05) is 14.1 Å². The Morgan fingerprint density at radius 1 is 1.33 bits per heavy atom. The number of hydrogen-bond acceptors (Lipinski definition) is 4. The zero-order valence-electron chi connectivity index (χ0n) is 6.83. The van der Waals surface area contributed by atoms with E-state index < -0.39 is 12.3 Å². The van der Waals surface area contributed by atoms with Gasteiger partial charge in [0.2, 0.25) is 6.35 Å². The summed E-state index contributed by atoms with van der Waals surface area (Å²) in [5.41, 5.74) is 0.197. The van der Waals surface area contributed by atoms with E-state index in [-0.39, 0.29) is 5.71 Å². The molecule has 0 aromatic carbocycles. The largest absolute Gasteiger partial charge is 0.356 e. The summed E-state index contributed by atoms with van der Waals surface area (Å²) < 4.78 is 0. The standard InChI is InChI=1S/C6H10N4O2/c1-7-3-4(8-2)9-6(12)10-5(3)11/h6,12H,1-2H3,(H,8,9)(H,10,11). The van der Waals surface area contributed by atoms with Crippen LogP contribution >= 0.6 is 0 Å². The van der Waals surface area contributed by atoms with Gasteiger partial charge in [0.05, 0.1) is 0 Å².